The van der Waals surface area contributed by atoms with Gasteiger partial charge in [-0.15, -0.1) is 0 Å². The number of para-hydroxylation sites is 1. The Hall–Kier alpha value is -2.39. The van der Waals surface area contributed by atoms with Crippen LogP contribution in [0.3, 0.4) is 0 Å². The highest BCUT2D eigenvalue weighted by atomic mass is 16.1. The third-order valence-electron chi connectivity index (χ3n) is 4.05. The number of rotatable bonds is 5. The van der Waals surface area contributed by atoms with Gasteiger partial charge in [-0.3, -0.25) is 4.79 Å². The van der Waals surface area contributed by atoms with Crippen LogP contribution in [-0.2, 0) is 0 Å². The van der Waals surface area contributed by atoms with Gasteiger partial charge in [0.25, 0.3) is 0 Å². The number of carbonyl (C=O) groups excluding carboxylic acids is 1. The van der Waals surface area contributed by atoms with Gasteiger partial charge in [0.15, 0.2) is 5.78 Å². The summed E-state index contributed by atoms with van der Waals surface area (Å²) in [4.78, 5) is 15.9. The average molecular weight is 292 g/mol. The van der Waals surface area contributed by atoms with Crippen molar-refractivity contribution < 1.29 is 4.79 Å². The Morgan fingerprint density at radius 3 is 2.45 bits per heavy atom. The number of fused-ring (bicyclic) bond motifs is 1. The first kappa shape index (κ1) is 14.5. The van der Waals surface area contributed by atoms with E-state index >= 15 is 0 Å². The molecule has 0 spiro atoms. The second-order valence-electron chi connectivity index (χ2n) is 5.63. The van der Waals surface area contributed by atoms with Gasteiger partial charge in [-0.2, -0.15) is 0 Å². The Kier molecular flexibility index (Phi) is 4.07. The van der Waals surface area contributed by atoms with Crippen LogP contribution in [0.15, 0.2) is 60.8 Å². The number of hydrogen-bond donors (Lipinski definition) is 2. The van der Waals surface area contributed by atoms with Gasteiger partial charge in [0.05, 0.1) is 6.04 Å². The fourth-order valence-electron chi connectivity index (χ4n) is 2.80. The minimum Gasteiger partial charge on any atom is -0.360 e. The monoisotopic (exact) mass is 292 g/mol. The van der Waals surface area contributed by atoms with E-state index in [1.165, 1.54) is 5.56 Å². The van der Waals surface area contributed by atoms with Crippen LogP contribution in [-0.4, -0.2) is 16.8 Å². The van der Waals surface area contributed by atoms with E-state index in [2.05, 4.69) is 29.4 Å². The third kappa shape index (κ3) is 2.81. The van der Waals surface area contributed by atoms with E-state index in [0.29, 0.717) is 0 Å². The van der Waals surface area contributed by atoms with Crippen molar-refractivity contribution in [1.82, 2.24) is 10.3 Å². The van der Waals surface area contributed by atoms with Gasteiger partial charge in [0.1, 0.15) is 0 Å². The number of benzene rings is 2. The molecule has 3 nitrogen and oxygen atoms in total. The topological polar surface area (TPSA) is 44.9 Å². The van der Waals surface area contributed by atoms with E-state index < -0.39 is 0 Å². The average Bonchev–Trinajstić information content (AvgIpc) is 2.99. The SMILES string of the molecule is C[C@H](N[C@H](C)C(=O)c1c[nH]c2ccccc12)c1ccccc1. The van der Waals surface area contributed by atoms with Gasteiger partial charge < -0.3 is 10.3 Å². The van der Waals surface area contributed by atoms with E-state index in [-0.39, 0.29) is 17.9 Å². The van der Waals surface area contributed by atoms with Crippen LogP contribution in [0.5, 0.6) is 0 Å². The summed E-state index contributed by atoms with van der Waals surface area (Å²) in [5, 5.41) is 4.37. The zero-order valence-electron chi connectivity index (χ0n) is 12.8. The molecule has 3 rings (SSSR count). The molecule has 0 unspecified atom stereocenters. The van der Waals surface area contributed by atoms with Gasteiger partial charge in [-0.05, 0) is 25.5 Å². The summed E-state index contributed by atoms with van der Waals surface area (Å²) in [5.41, 5.74) is 2.92. The Morgan fingerprint density at radius 1 is 1.00 bits per heavy atom. The molecule has 0 amide bonds. The van der Waals surface area contributed by atoms with Crippen molar-refractivity contribution in [3.05, 3.63) is 71.9 Å². The second kappa shape index (κ2) is 6.16. The molecule has 0 aliphatic carbocycles. The summed E-state index contributed by atoms with van der Waals surface area (Å²) >= 11 is 0. The molecule has 0 radical (unpaired) electrons. The van der Waals surface area contributed by atoms with Gasteiger partial charge in [-0.1, -0.05) is 48.5 Å². The van der Waals surface area contributed by atoms with Crippen LogP contribution in [0.4, 0.5) is 0 Å². The third-order valence-corrected chi connectivity index (χ3v) is 4.05. The smallest absolute Gasteiger partial charge is 0.181 e. The molecule has 0 bridgehead atoms. The molecule has 0 aliphatic rings. The van der Waals surface area contributed by atoms with Crippen LogP contribution in [0, 0.1) is 0 Å². The van der Waals surface area contributed by atoms with Crippen LogP contribution in [0.1, 0.15) is 35.8 Å². The molecule has 1 heterocycles. The Balaban J connectivity index is 1.77. The number of nitrogens with one attached hydrogen (secondary N) is 2. The second-order valence-corrected chi connectivity index (χ2v) is 5.63. The molecule has 2 aromatic carbocycles. The molecule has 2 N–H and O–H groups in total. The number of Topliss-reactive ketones (excluding diaryl/α,β-unsaturated/α-hetero) is 1. The maximum atomic E-state index is 12.7. The maximum Gasteiger partial charge on any atom is 0.181 e. The van der Waals surface area contributed by atoms with Crippen molar-refractivity contribution in [2.24, 2.45) is 0 Å². The molecule has 0 saturated carbocycles. The van der Waals surface area contributed by atoms with E-state index in [0.717, 1.165) is 16.5 Å². The van der Waals surface area contributed by atoms with Crippen molar-refractivity contribution in [1.29, 1.82) is 0 Å². The fraction of sp³-hybridized carbons (Fsp3) is 0.211. The zero-order valence-corrected chi connectivity index (χ0v) is 12.8. The highest BCUT2D eigenvalue weighted by Gasteiger charge is 2.20. The van der Waals surface area contributed by atoms with E-state index in [4.69, 9.17) is 0 Å². The van der Waals surface area contributed by atoms with Crippen molar-refractivity contribution in [3.63, 3.8) is 0 Å². The summed E-state index contributed by atoms with van der Waals surface area (Å²) in [7, 11) is 0. The lowest BCUT2D eigenvalue weighted by atomic mass is 10.0. The molecule has 0 fully saturated rings. The number of aromatic nitrogens is 1. The van der Waals surface area contributed by atoms with E-state index in [1.54, 1.807) is 6.20 Å². The highest BCUT2D eigenvalue weighted by Crippen LogP contribution is 2.20. The molecule has 112 valence electrons. The van der Waals surface area contributed by atoms with Crippen LogP contribution < -0.4 is 5.32 Å². The molecule has 0 aliphatic heterocycles. The van der Waals surface area contributed by atoms with E-state index in [1.807, 2.05) is 49.4 Å². The number of carbonyl (C=O) groups is 1. The lowest BCUT2D eigenvalue weighted by molar-refractivity contribution is 0.0947. The minimum absolute atomic E-state index is 0.111. The van der Waals surface area contributed by atoms with Crippen LogP contribution in [0.2, 0.25) is 0 Å². The largest absolute Gasteiger partial charge is 0.360 e. The number of ketones is 1. The molecule has 2 atom stereocenters. The van der Waals surface area contributed by atoms with Crippen LogP contribution >= 0.6 is 0 Å². The summed E-state index contributed by atoms with van der Waals surface area (Å²) in [6, 6.07) is 17.9. The predicted octanol–water partition coefficient (Wildman–Crippen LogP) is 4.09. The summed E-state index contributed by atoms with van der Waals surface area (Å²) in [6.45, 7) is 4.00. The first-order chi connectivity index (χ1) is 10.7. The van der Waals surface area contributed by atoms with Crippen molar-refractivity contribution in [2.75, 3.05) is 0 Å². The summed E-state index contributed by atoms with van der Waals surface area (Å²) in [5.74, 6) is 0.111. The molecule has 1 aromatic heterocycles. The predicted molar refractivity (Wildman–Crippen MR) is 90.1 cm³/mol. The Morgan fingerprint density at radius 2 is 1.68 bits per heavy atom. The number of H-pyrrole nitrogens is 1. The van der Waals surface area contributed by atoms with Crippen molar-refractivity contribution in [3.8, 4) is 0 Å². The normalized spacial score (nSPS) is 13.9. The maximum absolute atomic E-state index is 12.7. The summed E-state index contributed by atoms with van der Waals surface area (Å²) < 4.78 is 0. The lowest BCUT2D eigenvalue weighted by Gasteiger charge is -2.19. The zero-order chi connectivity index (χ0) is 15.5. The van der Waals surface area contributed by atoms with Gasteiger partial charge in [-0.25, -0.2) is 0 Å². The van der Waals surface area contributed by atoms with Gasteiger partial charge in [0.2, 0.25) is 0 Å². The lowest BCUT2D eigenvalue weighted by Crippen LogP contribution is -2.35. The Bertz CT molecular complexity index is 776. The molecule has 3 aromatic rings. The number of aromatic amines is 1. The highest BCUT2D eigenvalue weighted by molar-refractivity contribution is 6.10. The fourth-order valence-corrected chi connectivity index (χ4v) is 2.80. The standard InChI is InChI=1S/C19H20N2O/c1-13(15-8-4-3-5-9-15)21-14(2)19(22)17-12-20-18-11-7-6-10-16(17)18/h3-14,20-21H,1-2H3/t13-,14+/m0/s1. The Labute approximate surface area is 130 Å². The first-order valence-electron chi connectivity index (χ1n) is 7.58. The van der Waals surface area contributed by atoms with Crippen molar-refractivity contribution >= 4 is 16.7 Å². The number of hydrogen-bond acceptors (Lipinski definition) is 2. The summed E-state index contributed by atoms with van der Waals surface area (Å²) in [6.07, 6.45) is 1.80. The van der Waals surface area contributed by atoms with Crippen LogP contribution in [0.25, 0.3) is 10.9 Å². The molecular weight excluding hydrogens is 272 g/mol. The van der Waals surface area contributed by atoms with Crippen molar-refractivity contribution in [2.45, 2.75) is 25.9 Å². The first-order valence-corrected chi connectivity index (χ1v) is 7.58. The van der Waals surface area contributed by atoms with E-state index in [9.17, 15) is 4.79 Å². The molecule has 0 saturated heterocycles. The quantitative estimate of drug-likeness (QED) is 0.696. The van der Waals surface area contributed by atoms with Gasteiger partial charge in [0, 0.05) is 28.7 Å². The van der Waals surface area contributed by atoms with Gasteiger partial charge >= 0.3 is 0 Å². The minimum atomic E-state index is -0.241. The molecule has 22 heavy (non-hydrogen) atoms. The molecular formula is C19H20N2O. The molecule has 3 heteroatoms.